The summed E-state index contributed by atoms with van der Waals surface area (Å²) in [6.45, 7) is 0. The van der Waals surface area contributed by atoms with Gasteiger partial charge >= 0.3 is 0 Å². The molecule has 0 fully saturated rings. The van der Waals surface area contributed by atoms with E-state index in [1.807, 2.05) is 6.07 Å². The molecule has 0 bridgehead atoms. The van der Waals surface area contributed by atoms with Gasteiger partial charge in [0.2, 0.25) is 0 Å². The molecule has 2 nitrogen and oxygen atoms in total. The van der Waals surface area contributed by atoms with Gasteiger partial charge in [-0.15, -0.1) is 0 Å². The fraction of sp³-hybridized carbons (Fsp3) is 0. The van der Waals surface area contributed by atoms with Gasteiger partial charge in [0.15, 0.2) is 0 Å². The molecule has 0 saturated heterocycles. The summed E-state index contributed by atoms with van der Waals surface area (Å²) in [5.41, 5.74) is 0. The van der Waals surface area contributed by atoms with Crippen LogP contribution in [-0.2, 0) is 0 Å². The number of hydrogen-bond donors (Lipinski definition) is 0. The Hall–Kier alpha value is -0.940. The molecule has 0 N–H and O–H groups in total. The molecule has 0 aliphatic rings. The second-order valence-electron chi connectivity index (χ2n) is 2.74. The molecule has 15 heavy (non-hydrogen) atoms. The van der Waals surface area contributed by atoms with Crippen LogP contribution in [0.3, 0.4) is 0 Å². The van der Waals surface area contributed by atoms with Crippen molar-refractivity contribution >= 4 is 27.7 Å². The van der Waals surface area contributed by atoms with Crippen LogP contribution in [0.25, 0.3) is 0 Å². The molecule has 0 amide bonds. The predicted octanol–water partition coefficient (Wildman–Crippen LogP) is 3.53. The van der Waals surface area contributed by atoms with Gasteiger partial charge in [0.25, 0.3) is 0 Å². The maximum Gasteiger partial charge on any atom is 0.124 e. The molecule has 0 saturated carbocycles. The molecule has 1 aromatic carbocycles. The number of rotatable bonds is 2. The smallest absolute Gasteiger partial charge is 0.124 e. The lowest BCUT2D eigenvalue weighted by molar-refractivity contribution is 0.624. The summed E-state index contributed by atoms with van der Waals surface area (Å²) in [4.78, 5) is 8.76. The SMILES string of the molecule is Fc1cccc(Sc2ncncc2Br)c1. The van der Waals surface area contributed by atoms with Gasteiger partial charge in [-0.05, 0) is 34.1 Å². The summed E-state index contributed by atoms with van der Waals surface area (Å²) in [6.07, 6.45) is 3.13. The molecule has 0 radical (unpaired) electrons. The standard InChI is InChI=1S/C10H6BrFN2S/c11-9-5-13-6-14-10(9)15-8-3-1-2-7(12)4-8/h1-6H. The number of nitrogens with zero attached hydrogens (tertiary/aromatic N) is 2. The van der Waals surface area contributed by atoms with Gasteiger partial charge in [0, 0.05) is 11.1 Å². The van der Waals surface area contributed by atoms with Crippen LogP contribution in [0.5, 0.6) is 0 Å². The first-order valence-electron chi connectivity index (χ1n) is 4.14. The maximum atomic E-state index is 12.9. The minimum atomic E-state index is -0.245. The van der Waals surface area contributed by atoms with Gasteiger partial charge in [-0.3, -0.25) is 0 Å². The lowest BCUT2D eigenvalue weighted by Crippen LogP contribution is -1.84. The Morgan fingerprint density at radius 3 is 2.93 bits per heavy atom. The Labute approximate surface area is 99.1 Å². The van der Waals surface area contributed by atoms with Gasteiger partial charge in [0.05, 0.1) is 4.47 Å². The Morgan fingerprint density at radius 1 is 1.33 bits per heavy atom. The molecular formula is C10H6BrFN2S. The Balaban J connectivity index is 2.26. The molecule has 0 aliphatic carbocycles. The number of halogens is 2. The van der Waals surface area contributed by atoms with Gasteiger partial charge in [-0.2, -0.15) is 0 Å². The fourth-order valence-corrected chi connectivity index (χ4v) is 2.27. The van der Waals surface area contributed by atoms with E-state index in [-0.39, 0.29) is 5.82 Å². The monoisotopic (exact) mass is 284 g/mol. The van der Waals surface area contributed by atoms with E-state index in [9.17, 15) is 4.39 Å². The highest BCUT2D eigenvalue weighted by atomic mass is 79.9. The van der Waals surface area contributed by atoms with E-state index in [0.29, 0.717) is 0 Å². The van der Waals surface area contributed by atoms with Crippen molar-refractivity contribution in [1.29, 1.82) is 0 Å². The summed E-state index contributed by atoms with van der Waals surface area (Å²) in [5, 5.41) is 0.774. The zero-order valence-corrected chi connectivity index (χ0v) is 9.93. The lowest BCUT2D eigenvalue weighted by Gasteiger charge is -2.01. The van der Waals surface area contributed by atoms with Crippen LogP contribution in [0.15, 0.2) is 51.2 Å². The Bertz CT molecular complexity index is 478. The molecule has 5 heteroatoms. The molecule has 0 spiro atoms. The molecule has 0 atom stereocenters. The highest BCUT2D eigenvalue weighted by molar-refractivity contribution is 9.10. The van der Waals surface area contributed by atoms with Crippen molar-refractivity contribution in [2.45, 2.75) is 9.92 Å². The highest BCUT2D eigenvalue weighted by Crippen LogP contribution is 2.30. The Morgan fingerprint density at radius 2 is 2.20 bits per heavy atom. The van der Waals surface area contributed by atoms with E-state index in [1.165, 1.54) is 30.2 Å². The molecule has 1 heterocycles. The van der Waals surface area contributed by atoms with Gasteiger partial charge in [-0.1, -0.05) is 17.8 Å². The Kier molecular flexibility index (Phi) is 3.33. The first-order valence-corrected chi connectivity index (χ1v) is 5.75. The first-order chi connectivity index (χ1) is 7.25. The summed E-state index contributed by atoms with van der Waals surface area (Å²) in [5.74, 6) is -0.245. The molecule has 2 aromatic rings. The van der Waals surface area contributed by atoms with Crippen molar-refractivity contribution in [3.05, 3.63) is 47.1 Å². The second kappa shape index (κ2) is 4.72. The van der Waals surface area contributed by atoms with E-state index < -0.39 is 0 Å². The van der Waals surface area contributed by atoms with Gasteiger partial charge in [-0.25, -0.2) is 14.4 Å². The molecule has 76 valence electrons. The van der Waals surface area contributed by atoms with Crippen LogP contribution in [0.4, 0.5) is 4.39 Å². The lowest BCUT2D eigenvalue weighted by atomic mass is 10.4. The van der Waals surface area contributed by atoms with E-state index >= 15 is 0 Å². The molecule has 0 aliphatic heterocycles. The van der Waals surface area contributed by atoms with E-state index in [2.05, 4.69) is 25.9 Å². The van der Waals surface area contributed by atoms with E-state index in [4.69, 9.17) is 0 Å². The van der Waals surface area contributed by atoms with Crippen molar-refractivity contribution in [2.24, 2.45) is 0 Å². The maximum absolute atomic E-state index is 12.9. The average molecular weight is 285 g/mol. The fourth-order valence-electron chi connectivity index (χ4n) is 1.02. The summed E-state index contributed by atoms with van der Waals surface area (Å²) >= 11 is 4.72. The van der Waals surface area contributed by atoms with E-state index in [0.717, 1.165) is 14.4 Å². The topological polar surface area (TPSA) is 25.8 Å². The summed E-state index contributed by atoms with van der Waals surface area (Å²) < 4.78 is 13.7. The van der Waals surface area contributed by atoms with Gasteiger partial charge < -0.3 is 0 Å². The second-order valence-corrected chi connectivity index (χ2v) is 4.65. The van der Waals surface area contributed by atoms with Crippen LogP contribution >= 0.6 is 27.7 Å². The zero-order chi connectivity index (χ0) is 10.7. The third-order valence-corrected chi connectivity index (χ3v) is 3.50. The molecule has 1 aromatic heterocycles. The van der Waals surface area contributed by atoms with Crippen molar-refractivity contribution < 1.29 is 4.39 Å². The number of hydrogen-bond acceptors (Lipinski definition) is 3. The van der Waals surface area contributed by atoms with Crippen LogP contribution in [-0.4, -0.2) is 9.97 Å². The minimum absolute atomic E-state index is 0.245. The normalized spacial score (nSPS) is 10.3. The summed E-state index contributed by atoms with van der Waals surface area (Å²) in [7, 11) is 0. The quantitative estimate of drug-likeness (QED) is 0.789. The number of benzene rings is 1. The zero-order valence-electron chi connectivity index (χ0n) is 7.52. The van der Waals surface area contributed by atoms with Crippen LogP contribution in [0.2, 0.25) is 0 Å². The van der Waals surface area contributed by atoms with Crippen molar-refractivity contribution in [1.82, 2.24) is 9.97 Å². The highest BCUT2D eigenvalue weighted by Gasteiger charge is 2.03. The third-order valence-electron chi connectivity index (χ3n) is 1.64. The van der Waals surface area contributed by atoms with Crippen molar-refractivity contribution in [3.63, 3.8) is 0 Å². The van der Waals surface area contributed by atoms with Crippen LogP contribution < -0.4 is 0 Å². The predicted molar refractivity (Wildman–Crippen MR) is 60.3 cm³/mol. The van der Waals surface area contributed by atoms with Gasteiger partial charge in [0.1, 0.15) is 17.2 Å². The van der Waals surface area contributed by atoms with Crippen LogP contribution in [0.1, 0.15) is 0 Å². The first kappa shape index (κ1) is 10.6. The molecule has 0 unspecified atom stereocenters. The van der Waals surface area contributed by atoms with Crippen LogP contribution in [0, 0.1) is 5.82 Å². The minimum Gasteiger partial charge on any atom is -0.244 e. The molecule has 2 rings (SSSR count). The largest absolute Gasteiger partial charge is 0.244 e. The number of aromatic nitrogens is 2. The van der Waals surface area contributed by atoms with Crippen molar-refractivity contribution in [2.75, 3.05) is 0 Å². The van der Waals surface area contributed by atoms with Crippen molar-refractivity contribution in [3.8, 4) is 0 Å². The summed E-state index contributed by atoms with van der Waals surface area (Å²) in [6, 6.07) is 6.40. The average Bonchev–Trinajstić information content (AvgIpc) is 2.22. The molecular weight excluding hydrogens is 279 g/mol. The van der Waals surface area contributed by atoms with E-state index in [1.54, 1.807) is 12.3 Å². The third kappa shape index (κ3) is 2.76.